The number of anilines is 1. The Bertz CT molecular complexity index is 959. The number of carbonyl (C=O) groups excluding carboxylic acids is 2. The molecule has 0 atom stereocenters. The molecule has 2 aromatic carbocycles. The number of rotatable bonds is 7. The number of nitrogens with zero attached hydrogens (tertiary/aromatic N) is 1. The van der Waals surface area contributed by atoms with Crippen LogP contribution in [0.3, 0.4) is 0 Å². The van der Waals surface area contributed by atoms with Gasteiger partial charge in [0.2, 0.25) is 5.91 Å². The molecule has 1 aliphatic heterocycles. The Hall–Kier alpha value is -2.54. The molecule has 0 radical (unpaired) electrons. The standard InChI is InChI=1S/C25H31BrN2O4/c1-5-16-13-20(26)14-17(6-2)23(16)27-24(29)18-9-11-28(12-10-18)25(30)19-7-8-21(31-3)22(15-19)32-4/h7-8,13-15,18H,5-6,9-12H2,1-4H3,(H,27,29). The Morgan fingerprint density at radius 2 is 1.59 bits per heavy atom. The molecule has 7 heteroatoms. The number of benzene rings is 2. The molecular formula is C25H31BrN2O4. The average Bonchev–Trinajstić information content (AvgIpc) is 2.83. The Morgan fingerprint density at radius 1 is 1.00 bits per heavy atom. The van der Waals surface area contributed by atoms with Gasteiger partial charge in [-0.3, -0.25) is 9.59 Å². The van der Waals surface area contributed by atoms with Gasteiger partial charge in [0.25, 0.3) is 5.91 Å². The predicted octanol–water partition coefficient (Wildman–Crippen LogP) is 5.08. The molecule has 1 heterocycles. The number of ether oxygens (including phenoxy) is 2. The molecule has 0 saturated carbocycles. The van der Waals surface area contributed by atoms with Crippen LogP contribution >= 0.6 is 15.9 Å². The number of amides is 2. The molecule has 1 N–H and O–H groups in total. The molecule has 0 aromatic heterocycles. The molecule has 1 saturated heterocycles. The van der Waals surface area contributed by atoms with Crippen molar-refractivity contribution in [3.8, 4) is 11.5 Å². The van der Waals surface area contributed by atoms with Crippen LogP contribution in [0.2, 0.25) is 0 Å². The third-order valence-corrected chi connectivity index (χ3v) is 6.52. The van der Waals surface area contributed by atoms with E-state index < -0.39 is 0 Å². The molecule has 3 rings (SSSR count). The van der Waals surface area contributed by atoms with E-state index in [9.17, 15) is 9.59 Å². The second-order valence-corrected chi connectivity index (χ2v) is 8.85. The van der Waals surface area contributed by atoms with E-state index in [1.807, 2.05) is 0 Å². The van der Waals surface area contributed by atoms with Gasteiger partial charge in [-0.25, -0.2) is 0 Å². The quantitative estimate of drug-likeness (QED) is 0.572. The second kappa shape index (κ2) is 10.9. The Balaban J connectivity index is 1.65. The first-order chi connectivity index (χ1) is 15.4. The van der Waals surface area contributed by atoms with Crippen molar-refractivity contribution < 1.29 is 19.1 Å². The van der Waals surface area contributed by atoms with Crippen LogP contribution in [0, 0.1) is 5.92 Å². The summed E-state index contributed by atoms with van der Waals surface area (Å²) < 4.78 is 11.6. The number of piperidine rings is 1. The van der Waals surface area contributed by atoms with Crippen molar-refractivity contribution >= 4 is 33.4 Å². The summed E-state index contributed by atoms with van der Waals surface area (Å²) in [6.45, 7) is 5.28. The Labute approximate surface area is 198 Å². The SMILES string of the molecule is CCc1cc(Br)cc(CC)c1NC(=O)C1CCN(C(=O)c2ccc(OC)c(OC)c2)CC1. The molecule has 0 unspecified atom stereocenters. The minimum absolute atomic E-state index is 0.0370. The van der Waals surface area contributed by atoms with Gasteiger partial charge in [0, 0.05) is 34.7 Å². The molecule has 32 heavy (non-hydrogen) atoms. The first kappa shape index (κ1) is 24.1. The molecule has 2 amide bonds. The highest BCUT2D eigenvalue weighted by Crippen LogP contribution is 2.31. The van der Waals surface area contributed by atoms with Gasteiger partial charge in [-0.15, -0.1) is 0 Å². The lowest BCUT2D eigenvalue weighted by Gasteiger charge is -2.32. The van der Waals surface area contributed by atoms with Crippen molar-refractivity contribution in [2.24, 2.45) is 5.92 Å². The van der Waals surface area contributed by atoms with Crippen LogP contribution in [-0.2, 0) is 17.6 Å². The van der Waals surface area contributed by atoms with Crippen molar-refractivity contribution in [2.45, 2.75) is 39.5 Å². The van der Waals surface area contributed by atoms with E-state index >= 15 is 0 Å². The summed E-state index contributed by atoms with van der Waals surface area (Å²) in [7, 11) is 3.12. The smallest absolute Gasteiger partial charge is 0.253 e. The lowest BCUT2D eigenvalue weighted by atomic mass is 9.94. The van der Waals surface area contributed by atoms with Gasteiger partial charge < -0.3 is 19.7 Å². The number of halogens is 1. The molecule has 2 aromatic rings. The number of carbonyl (C=O) groups is 2. The van der Waals surface area contributed by atoms with Gasteiger partial charge in [0.05, 0.1) is 14.2 Å². The highest BCUT2D eigenvalue weighted by Gasteiger charge is 2.29. The molecule has 0 aliphatic carbocycles. The zero-order valence-electron chi connectivity index (χ0n) is 19.2. The van der Waals surface area contributed by atoms with Crippen molar-refractivity contribution in [2.75, 3.05) is 32.6 Å². The Kier molecular flexibility index (Phi) is 8.18. The fourth-order valence-electron chi connectivity index (χ4n) is 4.17. The summed E-state index contributed by atoms with van der Waals surface area (Å²) in [5.74, 6) is 0.988. The molecule has 1 fully saturated rings. The van der Waals surface area contributed by atoms with Gasteiger partial charge in [-0.2, -0.15) is 0 Å². The topological polar surface area (TPSA) is 67.9 Å². The highest BCUT2D eigenvalue weighted by molar-refractivity contribution is 9.10. The van der Waals surface area contributed by atoms with E-state index in [2.05, 4.69) is 47.2 Å². The van der Waals surface area contributed by atoms with Gasteiger partial charge in [-0.05, 0) is 67.1 Å². The maximum absolute atomic E-state index is 13.0. The number of likely N-dealkylation sites (tertiary alicyclic amines) is 1. The molecule has 1 aliphatic rings. The van der Waals surface area contributed by atoms with Gasteiger partial charge in [0.1, 0.15) is 0 Å². The van der Waals surface area contributed by atoms with Crippen molar-refractivity contribution in [1.29, 1.82) is 0 Å². The minimum Gasteiger partial charge on any atom is -0.493 e. The molecule has 6 nitrogen and oxygen atoms in total. The summed E-state index contributed by atoms with van der Waals surface area (Å²) in [6, 6.07) is 9.32. The molecule has 172 valence electrons. The number of aryl methyl sites for hydroxylation is 2. The summed E-state index contributed by atoms with van der Waals surface area (Å²) in [6.07, 6.45) is 2.98. The number of hydrogen-bond donors (Lipinski definition) is 1. The first-order valence-electron chi connectivity index (χ1n) is 11.0. The van der Waals surface area contributed by atoms with Crippen molar-refractivity contribution in [3.05, 3.63) is 51.5 Å². The zero-order valence-corrected chi connectivity index (χ0v) is 20.8. The van der Waals surface area contributed by atoms with Crippen LogP contribution in [0.4, 0.5) is 5.69 Å². The molecular weight excluding hydrogens is 472 g/mol. The van der Waals surface area contributed by atoms with Gasteiger partial charge in [-0.1, -0.05) is 29.8 Å². The van der Waals surface area contributed by atoms with Gasteiger partial charge >= 0.3 is 0 Å². The highest BCUT2D eigenvalue weighted by atomic mass is 79.9. The van der Waals surface area contributed by atoms with E-state index in [1.54, 1.807) is 37.3 Å². The summed E-state index contributed by atoms with van der Waals surface area (Å²) in [5.41, 5.74) is 3.75. The van der Waals surface area contributed by atoms with E-state index in [1.165, 1.54) is 0 Å². The van der Waals surface area contributed by atoms with Crippen LogP contribution in [0.5, 0.6) is 11.5 Å². The molecule has 0 spiro atoms. The predicted molar refractivity (Wildman–Crippen MR) is 130 cm³/mol. The maximum Gasteiger partial charge on any atom is 0.253 e. The largest absolute Gasteiger partial charge is 0.493 e. The number of nitrogens with one attached hydrogen (secondary N) is 1. The average molecular weight is 503 g/mol. The number of hydrogen-bond acceptors (Lipinski definition) is 4. The fourth-order valence-corrected chi connectivity index (χ4v) is 4.72. The lowest BCUT2D eigenvalue weighted by Crippen LogP contribution is -2.41. The van der Waals surface area contributed by atoms with Crippen molar-refractivity contribution in [1.82, 2.24) is 4.90 Å². The third kappa shape index (κ3) is 5.26. The third-order valence-electron chi connectivity index (χ3n) is 6.06. The van der Waals surface area contributed by atoms with E-state index in [0.717, 1.165) is 34.1 Å². The van der Waals surface area contributed by atoms with Crippen LogP contribution in [0.15, 0.2) is 34.8 Å². The molecule has 0 bridgehead atoms. The maximum atomic E-state index is 13.0. The van der Waals surface area contributed by atoms with Crippen LogP contribution in [0.1, 0.15) is 48.2 Å². The van der Waals surface area contributed by atoms with Gasteiger partial charge in [0.15, 0.2) is 11.5 Å². The van der Waals surface area contributed by atoms with Crippen LogP contribution in [0.25, 0.3) is 0 Å². The summed E-state index contributed by atoms with van der Waals surface area (Å²) in [5, 5.41) is 3.19. The monoisotopic (exact) mass is 502 g/mol. The summed E-state index contributed by atoms with van der Waals surface area (Å²) in [4.78, 5) is 27.8. The second-order valence-electron chi connectivity index (χ2n) is 7.93. The van der Waals surface area contributed by atoms with E-state index in [4.69, 9.17) is 9.47 Å². The van der Waals surface area contributed by atoms with E-state index in [0.29, 0.717) is 43.0 Å². The Morgan fingerprint density at radius 3 is 2.12 bits per heavy atom. The lowest BCUT2D eigenvalue weighted by molar-refractivity contribution is -0.121. The summed E-state index contributed by atoms with van der Waals surface area (Å²) >= 11 is 3.56. The fraction of sp³-hybridized carbons (Fsp3) is 0.440. The first-order valence-corrected chi connectivity index (χ1v) is 11.8. The normalized spacial score (nSPS) is 14.2. The minimum atomic E-state index is -0.109. The van der Waals surface area contributed by atoms with Crippen LogP contribution in [-0.4, -0.2) is 44.0 Å². The van der Waals surface area contributed by atoms with Crippen LogP contribution < -0.4 is 14.8 Å². The van der Waals surface area contributed by atoms with E-state index in [-0.39, 0.29) is 17.7 Å². The number of methoxy groups -OCH3 is 2. The van der Waals surface area contributed by atoms with Crippen molar-refractivity contribution in [3.63, 3.8) is 0 Å². The zero-order chi connectivity index (χ0) is 23.3.